The van der Waals surface area contributed by atoms with Gasteiger partial charge in [-0.3, -0.25) is 9.89 Å². The van der Waals surface area contributed by atoms with Crippen molar-refractivity contribution < 1.29 is 14.6 Å². The molecule has 90 valence electrons. The minimum atomic E-state index is -0.499. The van der Waals surface area contributed by atoms with Gasteiger partial charge in [0.2, 0.25) is 5.88 Å². The summed E-state index contributed by atoms with van der Waals surface area (Å²) in [6.07, 6.45) is 0.0451. The van der Waals surface area contributed by atoms with Gasteiger partial charge in [0.05, 0.1) is 11.3 Å². The molecule has 2 aromatic rings. The molecule has 0 radical (unpaired) electrons. The minimum absolute atomic E-state index is 0.0451. The van der Waals surface area contributed by atoms with E-state index in [1.165, 1.54) is 18.2 Å². The van der Waals surface area contributed by atoms with Crippen LogP contribution in [0.2, 0.25) is 0 Å². The first-order valence-electron chi connectivity index (χ1n) is 5.03. The number of rotatable bonds is 3. The van der Waals surface area contributed by atoms with Crippen LogP contribution >= 0.6 is 0 Å². The van der Waals surface area contributed by atoms with Gasteiger partial charge in [-0.1, -0.05) is 6.07 Å². The van der Waals surface area contributed by atoms with E-state index in [1.54, 1.807) is 6.07 Å². The van der Waals surface area contributed by atoms with Gasteiger partial charge in [-0.25, -0.2) is 9.07 Å². The topological polar surface area (TPSA) is 78.2 Å². The Morgan fingerprint density at radius 3 is 2.82 bits per heavy atom. The molecule has 0 amide bonds. The second-order valence-electron chi connectivity index (χ2n) is 3.53. The van der Waals surface area contributed by atoms with Crippen LogP contribution in [-0.2, 0) is 6.42 Å². The molecule has 1 heterocycles. The van der Waals surface area contributed by atoms with Gasteiger partial charge in [-0.05, 0) is 18.2 Å². The first-order chi connectivity index (χ1) is 8.13. The zero-order chi connectivity index (χ0) is 12.4. The lowest BCUT2D eigenvalue weighted by Gasteiger charge is -2.04. The van der Waals surface area contributed by atoms with Crippen LogP contribution in [0.1, 0.15) is 5.56 Å². The van der Waals surface area contributed by atoms with Crippen molar-refractivity contribution in [2.24, 2.45) is 0 Å². The van der Waals surface area contributed by atoms with Crippen molar-refractivity contribution in [1.82, 2.24) is 9.78 Å². The number of benzene rings is 1. The van der Waals surface area contributed by atoms with E-state index in [0.717, 1.165) is 4.68 Å². The Bertz CT molecular complexity index is 589. The molecule has 0 spiro atoms. The van der Waals surface area contributed by atoms with Gasteiger partial charge >= 0.3 is 0 Å². The Kier molecular flexibility index (Phi) is 2.97. The van der Waals surface area contributed by atoms with Gasteiger partial charge in [-0.15, -0.1) is 0 Å². The average Bonchev–Trinajstić information content (AvgIpc) is 2.57. The zero-order valence-electron chi connectivity index (χ0n) is 8.85. The third kappa shape index (κ3) is 2.07. The number of nitrogens with zero attached hydrogens (tertiary/aromatic N) is 1. The molecule has 17 heavy (non-hydrogen) atoms. The molecule has 2 rings (SSSR count). The highest BCUT2D eigenvalue weighted by atomic mass is 19.1. The molecule has 1 aromatic carbocycles. The summed E-state index contributed by atoms with van der Waals surface area (Å²) in [5.74, 6) is -0.783. The van der Waals surface area contributed by atoms with Crippen molar-refractivity contribution in [2.75, 3.05) is 6.61 Å². The number of nitrogens with one attached hydrogen (secondary N) is 1. The molecule has 0 unspecified atom stereocenters. The van der Waals surface area contributed by atoms with E-state index < -0.39 is 11.4 Å². The predicted molar refractivity (Wildman–Crippen MR) is 58.8 cm³/mol. The lowest BCUT2D eigenvalue weighted by Crippen LogP contribution is -2.08. The standard InChI is InChI=1S/C11H11FN2O3/c12-7-2-1-3-8(6-7)14-11(17)9(4-5-15)10(16)13-14/h1-3,6,15,17H,4-5H2,(H,13,16). The monoisotopic (exact) mass is 238 g/mol. The quantitative estimate of drug-likeness (QED) is 0.730. The number of halogens is 1. The summed E-state index contributed by atoms with van der Waals surface area (Å²) in [6, 6.07) is 5.45. The summed E-state index contributed by atoms with van der Waals surface area (Å²) in [7, 11) is 0. The molecule has 3 N–H and O–H groups in total. The second-order valence-corrected chi connectivity index (χ2v) is 3.53. The van der Waals surface area contributed by atoms with Crippen LogP contribution in [-0.4, -0.2) is 26.6 Å². The molecule has 1 aromatic heterocycles. The fourth-order valence-corrected chi connectivity index (χ4v) is 1.60. The third-order valence-electron chi connectivity index (χ3n) is 2.40. The predicted octanol–water partition coefficient (Wildman–Crippen LogP) is 0.545. The number of H-pyrrole nitrogens is 1. The smallest absolute Gasteiger partial charge is 0.271 e. The van der Waals surface area contributed by atoms with Crippen LogP contribution in [0.4, 0.5) is 4.39 Å². The van der Waals surface area contributed by atoms with E-state index in [9.17, 15) is 14.3 Å². The molecule has 0 saturated heterocycles. The van der Waals surface area contributed by atoms with Crippen LogP contribution in [0.5, 0.6) is 5.88 Å². The summed E-state index contributed by atoms with van der Waals surface area (Å²) in [5, 5.41) is 20.9. The van der Waals surface area contributed by atoms with Crippen LogP contribution in [0.25, 0.3) is 5.69 Å². The Balaban J connectivity index is 2.54. The Morgan fingerprint density at radius 1 is 1.41 bits per heavy atom. The number of aromatic nitrogens is 2. The van der Waals surface area contributed by atoms with E-state index in [4.69, 9.17) is 5.11 Å². The fraction of sp³-hybridized carbons (Fsp3) is 0.182. The maximum atomic E-state index is 13.0. The molecule has 5 nitrogen and oxygen atoms in total. The highest BCUT2D eigenvalue weighted by Gasteiger charge is 2.14. The lowest BCUT2D eigenvalue weighted by atomic mass is 10.2. The molecule has 0 saturated carbocycles. The van der Waals surface area contributed by atoms with E-state index in [-0.39, 0.29) is 24.5 Å². The third-order valence-corrected chi connectivity index (χ3v) is 2.40. The number of aromatic hydroxyl groups is 1. The van der Waals surface area contributed by atoms with E-state index in [0.29, 0.717) is 5.69 Å². The first kappa shape index (κ1) is 11.4. The van der Waals surface area contributed by atoms with Gasteiger partial charge in [0.1, 0.15) is 5.82 Å². The highest BCUT2D eigenvalue weighted by Crippen LogP contribution is 2.18. The number of aliphatic hydroxyl groups excluding tert-OH is 1. The first-order valence-corrected chi connectivity index (χ1v) is 5.03. The van der Waals surface area contributed by atoms with Gasteiger partial charge < -0.3 is 10.2 Å². The SMILES string of the molecule is O=c1[nH]n(-c2cccc(F)c2)c(O)c1CCO. The van der Waals surface area contributed by atoms with Gasteiger partial charge in [-0.2, -0.15) is 0 Å². The second kappa shape index (κ2) is 4.42. The molecule has 0 aliphatic rings. The van der Waals surface area contributed by atoms with Crippen LogP contribution in [0, 0.1) is 5.82 Å². The molecule has 0 atom stereocenters. The van der Waals surface area contributed by atoms with E-state index in [2.05, 4.69) is 5.10 Å². The average molecular weight is 238 g/mol. The van der Waals surface area contributed by atoms with Gasteiger partial charge in [0, 0.05) is 13.0 Å². The summed E-state index contributed by atoms with van der Waals surface area (Å²) in [6.45, 7) is -0.246. The molecular weight excluding hydrogens is 227 g/mol. The molecule has 0 aliphatic heterocycles. The van der Waals surface area contributed by atoms with Crippen LogP contribution in [0.15, 0.2) is 29.1 Å². The van der Waals surface area contributed by atoms with Crippen molar-refractivity contribution in [1.29, 1.82) is 0 Å². The largest absolute Gasteiger partial charge is 0.493 e. The molecule has 6 heteroatoms. The van der Waals surface area contributed by atoms with E-state index >= 15 is 0 Å². The summed E-state index contributed by atoms with van der Waals surface area (Å²) in [4.78, 5) is 11.5. The Labute approximate surface area is 95.7 Å². The van der Waals surface area contributed by atoms with Gasteiger partial charge in [0.25, 0.3) is 5.56 Å². The normalized spacial score (nSPS) is 10.7. The molecule has 0 bridgehead atoms. The van der Waals surface area contributed by atoms with Crippen molar-refractivity contribution in [3.05, 3.63) is 46.0 Å². The molecule has 0 aliphatic carbocycles. The zero-order valence-corrected chi connectivity index (χ0v) is 8.85. The van der Waals surface area contributed by atoms with Crippen LogP contribution < -0.4 is 5.56 Å². The lowest BCUT2D eigenvalue weighted by molar-refractivity contribution is 0.296. The number of aliphatic hydroxyl groups is 1. The number of hydrogen-bond donors (Lipinski definition) is 3. The van der Waals surface area contributed by atoms with Crippen molar-refractivity contribution in [3.63, 3.8) is 0 Å². The Hall–Kier alpha value is -2.08. The number of aromatic amines is 1. The summed E-state index contributed by atoms with van der Waals surface area (Å²) >= 11 is 0. The van der Waals surface area contributed by atoms with Crippen molar-refractivity contribution >= 4 is 0 Å². The van der Waals surface area contributed by atoms with Crippen molar-refractivity contribution in [2.45, 2.75) is 6.42 Å². The van der Waals surface area contributed by atoms with Crippen LogP contribution in [0.3, 0.4) is 0 Å². The van der Waals surface area contributed by atoms with Crippen molar-refractivity contribution in [3.8, 4) is 11.6 Å². The molecule has 0 fully saturated rings. The molecular formula is C11H11FN2O3. The maximum absolute atomic E-state index is 13.0. The summed E-state index contributed by atoms with van der Waals surface area (Å²) < 4.78 is 14.1. The summed E-state index contributed by atoms with van der Waals surface area (Å²) in [5.41, 5.74) is -0.110. The number of hydrogen-bond acceptors (Lipinski definition) is 3. The fourth-order valence-electron chi connectivity index (χ4n) is 1.60. The van der Waals surface area contributed by atoms with E-state index in [1.807, 2.05) is 0 Å². The minimum Gasteiger partial charge on any atom is -0.493 e. The maximum Gasteiger partial charge on any atom is 0.271 e. The van der Waals surface area contributed by atoms with Gasteiger partial charge in [0.15, 0.2) is 0 Å². The highest BCUT2D eigenvalue weighted by molar-refractivity contribution is 5.37. The Morgan fingerprint density at radius 2 is 2.18 bits per heavy atom.